The van der Waals surface area contributed by atoms with Crippen LogP contribution in [0.25, 0.3) is 21.5 Å². The second-order valence-corrected chi connectivity index (χ2v) is 13.3. The van der Waals surface area contributed by atoms with Crippen LogP contribution in [0.1, 0.15) is 68.9 Å². The van der Waals surface area contributed by atoms with Gasteiger partial charge in [0.1, 0.15) is 11.5 Å². The molecule has 6 rings (SSSR count). The Balaban J connectivity index is 1.10. The van der Waals surface area contributed by atoms with Gasteiger partial charge in [0.05, 0.1) is 11.4 Å². The number of hydrogen-bond donors (Lipinski definition) is 2. The van der Waals surface area contributed by atoms with Crippen LogP contribution in [0.2, 0.25) is 0 Å². The van der Waals surface area contributed by atoms with Crippen molar-refractivity contribution in [3.05, 3.63) is 71.8 Å². The minimum absolute atomic E-state index is 0.00293. The van der Waals surface area contributed by atoms with Gasteiger partial charge in [-0.15, -0.1) is 23.2 Å². The second-order valence-electron chi connectivity index (χ2n) is 11.9. The van der Waals surface area contributed by atoms with E-state index < -0.39 is 0 Å². The molecule has 0 bridgehead atoms. The summed E-state index contributed by atoms with van der Waals surface area (Å²) in [7, 11) is 0. The van der Waals surface area contributed by atoms with Crippen molar-refractivity contribution in [2.45, 2.75) is 68.5 Å². The number of halogens is 2. The average Bonchev–Trinajstić information content (AvgIpc) is 3.57. The smallest absolute Gasteiger partial charge is 0.227 e. The minimum atomic E-state index is -0.174. The molecule has 4 aromatic carbocycles. The van der Waals surface area contributed by atoms with Gasteiger partial charge in [0.25, 0.3) is 0 Å². The zero-order valence-electron chi connectivity index (χ0n) is 24.4. The second kappa shape index (κ2) is 11.9. The summed E-state index contributed by atoms with van der Waals surface area (Å²) in [4.78, 5) is 30.3. The molecule has 2 aliphatic heterocycles. The van der Waals surface area contributed by atoms with E-state index in [4.69, 9.17) is 23.2 Å². The number of amides is 2. The van der Waals surface area contributed by atoms with E-state index in [0.29, 0.717) is 38.8 Å². The largest absolute Gasteiger partial charge is 0.507 e. The number of phenolic OH excluding ortho intramolecular Hbond substituents is 2. The maximum Gasteiger partial charge on any atom is 0.227 e. The summed E-state index contributed by atoms with van der Waals surface area (Å²) >= 11 is 13.2. The molecule has 0 fully saturated rings. The molecule has 0 spiro atoms. The standard InChI is InChI=1S/C35H36Cl2N2O4/c1-20(36)26-18-38(28-16-30(40)22-10-6-8-12-24(22)34(26)28)32(42)14-4-3-5-15-33(43)39-19-27(21(2)37)35-25-13-9-7-11-23(25)31(41)17-29(35)39/h6-13,16-17,20-21,26-27,40-41H,3-5,14-15,18-19H2,1-2H3/t20-,21-,26+,27?/m0/s1. The summed E-state index contributed by atoms with van der Waals surface area (Å²) in [5.41, 5.74) is 3.51. The predicted molar refractivity (Wildman–Crippen MR) is 175 cm³/mol. The molecule has 4 atom stereocenters. The summed E-state index contributed by atoms with van der Waals surface area (Å²) < 4.78 is 0. The first-order chi connectivity index (χ1) is 20.7. The zero-order chi connectivity index (χ0) is 30.4. The normalized spacial score (nSPS) is 19.1. The average molecular weight is 620 g/mol. The van der Waals surface area contributed by atoms with Crippen LogP contribution in [0.5, 0.6) is 11.5 Å². The molecule has 0 aromatic heterocycles. The lowest BCUT2D eigenvalue weighted by atomic mass is 9.92. The van der Waals surface area contributed by atoms with Crippen molar-refractivity contribution in [2.75, 3.05) is 22.9 Å². The fourth-order valence-corrected chi connectivity index (χ4v) is 7.36. The van der Waals surface area contributed by atoms with E-state index in [0.717, 1.165) is 50.5 Å². The van der Waals surface area contributed by atoms with Crippen molar-refractivity contribution < 1.29 is 19.8 Å². The maximum absolute atomic E-state index is 13.4. The molecule has 2 heterocycles. The van der Waals surface area contributed by atoms with Crippen LogP contribution in [-0.4, -0.2) is 45.9 Å². The van der Waals surface area contributed by atoms with Crippen molar-refractivity contribution in [1.29, 1.82) is 0 Å². The Hall–Kier alpha value is -3.48. The molecule has 2 amide bonds. The lowest BCUT2D eigenvalue weighted by Gasteiger charge is -2.19. The number of phenols is 2. The van der Waals surface area contributed by atoms with Gasteiger partial charge >= 0.3 is 0 Å². The first-order valence-electron chi connectivity index (χ1n) is 15.1. The van der Waals surface area contributed by atoms with Crippen LogP contribution >= 0.6 is 23.2 Å². The van der Waals surface area contributed by atoms with Crippen molar-refractivity contribution in [2.24, 2.45) is 0 Å². The molecule has 4 aromatic rings. The lowest BCUT2D eigenvalue weighted by molar-refractivity contribution is -0.119. The Morgan fingerprint density at radius 2 is 1.07 bits per heavy atom. The number of nitrogens with zero attached hydrogens (tertiary/aromatic N) is 2. The van der Waals surface area contributed by atoms with Crippen LogP contribution in [0.3, 0.4) is 0 Å². The summed E-state index contributed by atoms with van der Waals surface area (Å²) in [5, 5.41) is 24.4. The topological polar surface area (TPSA) is 81.1 Å². The Kier molecular flexibility index (Phi) is 8.18. The van der Waals surface area contributed by atoms with Gasteiger partial charge in [-0.2, -0.15) is 0 Å². The number of aromatic hydroxyl groups is 2. The monoisotopic (exact) mass is 618 g/mol. The van der Waals surface area contributed by atoms with Crippen LogP contribution in [-0.2, 0) is 9.59 Å². The molecule has 0 saturated heterocycles. The summed E-state index contributed by atoms with van der Waals surface area (Å²) in [6.07, 6.45) is 2.74. The van der Waals surface area contributed by atoms with E-state index in [1.165, 1.54) is 0 Å². The molecule has 6 nitrogen and oxygen atoms in total. The quantitative estimate of drug-likeness (QED) is 0.154. The van der Waals surface area contributed by atoms with Crippen molar-refractivity contribution in [3.8, 4) is 11.5 Å². The number of unbranched alkanes of at least 4 members (excludes halogenated alkanes) is 2. The maximum atomic E-state index is 13.4. The van der Waals surface area contributed by atoms with Crippen LogP contribution < -0.4 is 9.80 Å². The molecular weight excluding hydrogens is 583 g/mol. The number of rotatable bonds is 8. The lowest BCUT2D eigenvalue weighted by Crippen LogP contribution is -2.31. The Bertz CT molecular complexity index is 1590. The SMILES string of the molecule is C[C@H](Cl)C1CN(C(=O)CCCCCC(=O)N2C[C@H]([C@H](C)Cl)c3c2cc(O)c2ccccc32)c2cc(O)c3ccccc3c21. The third-order valence-electron chi connectivity index (χ3n) is 9.16. The van der Waals surface area contributed by atoms with Crippen LogP contribution in [0.15, 0.2) is 60.7 Å². The molecule has 1 unspecified atom stereocenters. The summed E-state index contributed by atoms with van der Waals surface area (Å²) in [6.45, 7) is 4.87. The summed E-state index contributed by atoms with van der Waals surface area (Å²) in [6, 6.07) is 18.8. The highest BCUT2D eigenvalue weighted by molar-refractivity contribution is 6.22. The molecule has 0 aliphatic carbocycles. The highest BCUT2D eigenvalue weighted by Gasteiger charge is 2.38. The van der Waals surface area contributed by atoms with Gasteiger partial charge in [0.15, 0.2) is 0 Å². The van der Waals surface area contributed by atoms with E-state index in [1.807, 2.05) is 62.4 Å². The van der Waals surface area contributed by atoms with Crippen LogP contribution in [0.4, 0.5) is 11.4 Å². The fraction of sp³-hybridized carbons (Fsp3) is 0.371. The van der Waals surface area contributed by atoms with Gasteiger partial charge in [-0.3, -0.25) is 9.59 Å². The number of alkyl halides is 2. The number of benzene rings is 4. The molecule has 224 valence electrons. The summed E-state index contributed by atoms with van der Waals surface area (Å²) in [5.74, 6) is 0.258. The fourth-order valence-electron chi connectivity index (χ4n) is 6.95. The first kappa shape index (κ1) is 29.6. The number of hydrogen-bond acceptors (Lipinski definition) is 4. The van der Waals surface area contributed by atoms with E-state index >= 15 is 0 Å². The van der Waals surface area contributed by atoms with Gasteiger partial charge < -0.3 is 20.0 Å². The Morgan fingerprint density at radius 1 is 0.698 bits per heavy atom. The van der Waals surface area contributed by atoms with E-state index in [2.05, 4.69) is 0 Å². The zero-order valence-corrected chi connectivity index (χ0v) is 25.9. The van der Waals surface area contributed by atoms with Gasteiger partial charge in [-0.05, 0) is 48.6 Å². The molecule has 0 radical (unpaired) electrons. The van der Waals surface area contributed by atoms with Crippen molar-refractivity contribution >= 4 is 67.9 Å². The first-order valence-corrected chi connectivity index (χ1v) is 15.9. The Labute approximate surface area is 261 Å². The highest BCUT2D eigenvalue weighted by atomic mass is 35.5. The molecule has 8 heteroatoms. The molecule has 2 N–H and O–H groups in total. The number of anilines is 2. The third-order valence-corrected chi connectivity index (χ3v) is 9.77. The van der Waals surface area contributed by atoms with Gasteiger partial charge in [-0.1, -0.05) is 55.0 Å². The number of carbonyl (C=O) groups is 2. The van der Waals surface area contributed by atoms with E-state index in [-0.39, 0.29) is 45.9 Å². The highest BCUT2D eigenvalue weighted by Crippen LogP contribution is 2.48. The van der Waals surface area contributed by atoms with Gasteiger partial charge in [0, 0.05) is 71.4 Å². The third kappa shape index (κ3) is 5.29. The van der Waals surface area contributed by atoms with E-state index in [9.17, 15) is 19.8 Å². The van der Waals surface area contributed by atoms with Crippen molar-refractivity contribution in [3.63, 3.8) is 0 Å². The molecular formula is C35H36Cl2N2O4. The number of carbonyl (C=O) groups excluding carboxylic acids is 2. The van der Waals surface area contributed by atoms with Crippen molar-refractivity contribution in [1.82, 2.24) is 0 Å². The number of fused-ring (bicyclic) bond motifs is 6. The van der Waals surface area contributed by atoms with Gasteiger partial charge in [0.2, 0.25) is 11.8 Å². The minimum Gasteiger partial charge on any atom is -0.507 e. The Morgan fingerprint density at radius 3 is 1.44 bits per heavy atom. The van der Waals surface area contributed by atoms with Gasteiger partial charge in [-0.25, -0.2) is 0 Å². The predicted octanol–water partition coefficient (Wildman–Crippen LogP) is 8.17. The molecule has 2 aliphatic rings. The van der Waals surface area contributed by atoms with Crippen LogP contribution in [0, 0.1) is 0 Å². The molecule has 0 saturated carbocycles. The molecule has 43 heavy (non-hydrogen) atoms. The van der Waals surface area contributed by atoms with E-state index in [1.54, 1.807) is 21.9 Å².